The molecule has 1 aromatic carbocycles. The molecule has 1 atom stereocenters. The summed E-state index contributed by atoms with van der Waals surface area (Å²) in [5.74, 6) is 0.590. The van der Waals surface area contributed by atoms with Crippen LogP contribution in [0.25, 0.3) is 10.9 Å². The summed E-state index contributed by atoms with van der Waals surface area (Å²) >= 11 is 1.63. The fourth-order valence-electron chi connectivity index (χ4n) is 6.83. The van der Waals surface area contributed by atoms with Crippen LogP contribution in [0, 0.1) is 0 Å². The SMILES string of the molecule is CC(C)c1cc(N2CCCN(C(CC(=O)NCCN3CCCC3=O)c3csc(N4CCC(O)CC4)n3)CC2)c2ncccc2c1. The first-order chi connectivity index (χ1) is 21.9. The van der Waals surface area contributed by atoms with E-state index in [-0.39, 0.29) is 24.0 Å². The Kier molecular flexibility index (Phi) is 10.2. The number of aliphatic hydroxyl groups excluding tert-OH is 1. The molecule has 0 saturated carbocycles. The molecule has 3 aliphatic rings. The van der Waals surface area contributed by atoms with Crippen molar-refractivity contribution in [3.8, 4) is 0 Å². The van der Waals surface area contributed by atoms with Gasteiger partial charge in [-0.25, -0.2) is 4.98 Å². The number of benzene rings is 1. The number of nitrogens with zero attached hydrogens (tertiary/aromatic N) is 6. The summed E-state index contributed by atoms with van der Waals surface area (Å²) in [4.78, 5) is 44.3. The highest BCUT2D eigenvalue weighted by Crippen LogP contribution is 2.34. The summed E-state index contributed by atoms with van der Waals surface area (Å²) in [6.07, 6.45) is 5.95. The molecule has 0 spiro atoms. The summed E-state index contributed by atoms with van der Waals surface area (Å²) < 4.78 is 0. The maximum absolute atomic E-state index is 13.4. The van der Waals surface area contributed by atoms with E-state index < -0.39 is 0 Å². The number of likely N-dealkylation sites (tertiary alicyclic amines) is 1. The fourth-order valence-corrected chi connectivity index (χ4v) is 7.76. The van der Waals surface area contributed by atoms with Crippen molar-refractivity contribution in [2.45, 2.75) is 70.4 Å². The van der Waals surface area contributed by atoms with Crippen LogP contribution in [0.5, 0.6) is 0 Å². The number of nitrogens with one attached hydrogen (secondary N) is 1. The van der Waals surface area contributed by atoms with E-state index in [1.807, 2.05) is 17.2 Å². The molecule has 2 aromatic heterocycles. The van der Waals surface area contributed by atoms with Crippen molar-refractivity contribution < 1.29 is 14.7 Å². The zero-order chi connectivity index (χ0) is 31.3. The minimum Gasteiger partial charge on any atom is -0.393 e. The van der Waals surface area contributed by atoms with Crippen molar-refractivity contribution in [2.75, 3.05) is 68.7 Å². The lowest BCUT2D eigenvalue weighted by Gasteiger charge is -2.31. The molecule has 3 aromatic rings. The molecule has 0 aliphatic carbocycles. The number of hydrogen-bond donors (Lipinski definition) is 2. The van der Waals surface area contributed by atoms with Gasteiger partial charge in [-0.15, -0.1) is 11.3 Å². The third-order valence-electron chi connectivity index (χ3n) is 9.53. The van der Waals surface area contributed by atoms with Gasteiger partial charge in [-0.1, -0.05) is 19.9 Å². The Labute approximate surface area is 270 Å². The van der Waals surface area contributed by atoms with Gasteiger partial charge in [-0.3, -0.25) is 19.5 Å². The molecule has 11 heteroatoms. The molecule has 3 saturated heterocycles. The molecule has 45 heavy (non-hydrogen) atoms. The van der Waals surface area contributed by atoms with Gasteiger partial charge in [0.15, 0.2) is 5.13 Å². The minimum absolute atomic E-state index is 0.0109. The van der Waals surface area contributed by atoms with Gasteiger partial charge in [0.1, 0.15) is 0 Å². The van der Waals surface area contributed by atoms with Crippen molar-refractivity contribution in [3.05, 3.63) is 47.1 Å². The largest absolute Gasteiger partial charge is 0.393 e. The van der Waals surface area contributed by atoms with Crippen LogP contribution in [0.4, 0.5) is 10.8 Å². The lowest BCUT2D eigenvalue weighted by molar-refractivity contribution is -0.128. The summed E-state index contributed by atoms with van der Waals surface area (Å²) in [6, 6.07) is 8.59. The molecule has 1 unspecified atom stereocenters. The Morgan fingerprint density at radius 3 is 2.69 bits per heavy atom. The first-order valence-electron chi connectivity index (χ1n) is 16.7. The van der Waals surface area contributed by atoms with E-state index in [9.17, 15) is 14.7 Å². The Bertz CT molecular complexity index is 1470. The lowest BCUT2D eigenvalue weighted by atomic mass is 9.99. The van der Waals surface area contributed by atoms with Crippen LogP contribution >= 0.6 is 11.3 Å². The number of rotatable bonds is 10. The monoisotopic (exact) mass is 633 g/mol. The van der Waals surface area contributed by atoms with Gasteiger partial charge >= 0.3 is 0 Å². The molecule has 0 radical (unpaired) electrons. The van der Waals surface area contributed by atoms with Crippen molar-refractivity contribution in [1.82, 2.24) is 25.1 Å². The molecule has 242 valence electrons. The van der Waals surface area contributed by atoms with Crippen LogP contribution in [0.15, 0.2) is 35.8 Å². The first kappa shape index (κ1) is 31.7. The molecule has 2 amide bonds. The third kappa shape index (κ3) is 7.58. The summed E-state index contributed by atoms with van der Waals surface area (Å²) in [5.41, 5.74) is 4.48. The van der Waals surface area contributed by atoms with Crippen molar-refractivity contribution in [2.24, 2.45) is 0 Å². The first-order valence-corrected chi connectivity index (χ1v) is 17.5. The second-order valence-electron chi connectivity index (χ2n) is 13.0. The van der Waals surface area contributed by atoms with Crippen LogP contribution in [-0.2, 0) is 9.59 Å². The van der Waals surface area contributed by atoms with Crippen LogP contribution in [0.2, 0.25) is 0 Å². The Balaban J connectivity index is 1.19. The predicted molar refractivity (Wildman–Crippen MR) is 180 cm³/mol. The number of thiazole rings is 1. The van der Waals surface area contributed by atoms with E-state index in [1.54, 1.807) is 11.3 Å². The van der Waals surface area contributed by atoms with E-state index in [0.29, 0.717) is 31.8 Å². The van der Waals surface area contributed by atoms with Crippen LogP contribution in [-0.4, -0.2) is 102 Å². The summed E-state index contributed by atoms with van der Waals surface area (Å²) in [5, 5.41) is 17.3. The number of amides is 2. The number of aromatic nitrogens is 2. The Hall–Kier alpha value is -3.28. The maximum atomic E-state index is 13.4. The lowest BCUT2D eigenvalue weighted by Crippen LogP contribution is -2.39. The highest BCUT2D eigenvalue weighted by Gasteiger charge is 2.30. The van der Waals surface area contributed by atoms with E-state index in [0.717, 1.165) is 87.8 Å². The van der Waals surface area contributed by atoms with Crippen molar-refractivity contribution >= 4 is 44.9 Å². The van der Waals surface area contributed by atoms with Crippen LogP contribution in [0.1, 0.15) is 75.6 Å². The molecular formula is C34H47N7O3S. The average molecular weight is 634 g/mol. The second kappa shape index (κ2) is 14.4. The highest BCUT2D eigenvalue weighted by molar-refractivity contribution is 7.13. The van der Waals surface area contributed by atoms with Gasteiger partial charge in [0.25, 0.3) is 0 Å². The number of pyridine rings is 1. The fraction of sp³-hybridized carbons (Fsp3) is 0.588. The smallest absolute Gasteiger partial charge is 0.222 e. The van der Waals surface area contributed by atoms with Gasteiger partial charge in [0.2, 0.25) is 11.8 Å². The number of hydrogen-bond acceptors (Lipinski definition) is 9. The Morgan fingerprint density at radius 2 is 1.91 bits per heavy atom. The second-order valence-corrected chi connectivity index (χ2v) is 13.8. The van der Waals surface area contributed by atoms with Crippen molar-refractivity contribution in [1.29, 1.82) is 0 Å². The number of carbonyl (C=O) groups is 2. The quantitative estimate of drug-likeness (QED) is 0.343. The zero-order valence-corrected chi connectivity index (χ0v) is 27.5. The van der Waals surface area contributed by atoms with E-state index in [4.69, 9.17) is 9.97 Å². The average Bonchev–Trinajstić information content (AvgIpc) is 3.62. The van der Waals surface area contributed by atoms with E-state index in [1.165, 1.54) is 16.6 Å². The van der Waals surface area contributed by atoms with Gasteiger partial charge in [-0.2, -0.15) is 0 Å². The molecule has 3 fully saturated rings. The normalized spacial score (nSPS) is 19.5. The summed E-state index contributed by atoms with van der Waals surface area (Å²) in [7, 11) is 0. The maximum Gasteiger partial charge on any atom is 0.222 e. The predicted octanol–water partition coefficient (Wildman–Crippen LogP) is 4.16. The number of aliphatic hydroxyl groups is 1. The Morgan fingerprint density at radius 1 is 1.07 bits per heavy atom. The molecule has 0 bridgehead atoms. The standard InChI is InChI=1S/C34H47N7O3S/c1-24(2)26-20-25-6-3-10-36-33(25)30(21-26)39-14-5-13-38(18-19-39)29(22-31(43)35-11-17-40-12-4-7-32(40)44)28-23-45-34(37-28)41-15-8-27(42)9-16-41/h3,6,10,20-21,23-24,27,29,42H,4-5,7-9,11-19,22H2,1-2H3,(H,35,43). The van der Waals surface area contributed by atoms with Crippen molar-refractivity contribution in [3.63, 3.8) is 0 Å². The van der Waals surface area contributed by atoms with Gasteiger partial charge < -0.3 is 25.1 Å². The molecule has 3 aliphatic heterocycles. The molecule has 2 N–H and O–H groups in total. The number of fused-ring (bicyclic) bond motifs is 1. The summed E-state index contributed by atoms with van der Waals surface area (Å²) in [6.45, 7) is 11.3. The number of piperidine rings is 1. The zero-order valence-electron chi connectivity index (χ0n) is 26.7. The molecule has 6 rings (SSSR count). The van der Waals surface area contributed by atoms with Gasteiger partial charge in [0, 0.05) is 88.7 Å². The third-order valence-corrected chi connectivity index (χ3v) is 10.4. The topological polar surface area (TPSA) is 105 Å². The highest BCUT2D eigenvalue weighted by atomic mass is 32.1. The minimum atomic E-state index is -0.235. The molecule has 5 heterocycles. The number of anilines is 2. The van der Waals surface area contributed by atoms with Crippen LogP contribution < -0.4 is 15.1 Å². The van der Waals surface area contributed by atoms with Gasteiger partial charge in [0.05, 0.1) is 29.0 Å². The number of carbonyl (C=O) groups excluding carboxylic acids is 2. The van der Waals surface area contributed by atoms with E-state index in [2.05, 4.69) is 57.4 Å². The van der Waals surface area contributed by atoms with E-state index >= 15 is 0 Å². The van der Waals surface area contributed by atoms with Crippen LogP contribution in [0.3, 0.4) is 0 Å². The molecular weight excluding hydrogens is 586 g/mol. The molecule has 10 nitrogen and oxygen atoms in total. The van der Waals surface area contributed by atoms with Gasteiger partial charge in [-0.05, 0) is 55.4 Å².